The van der Waals surface area contributed by atoms with Crippen molar-refractivity contribution in [2.75, 3.05) is 7.11 Å². The van der Waals surface area contributed by atoms with Crippen LogP contribution in [0.2, 0.25) is 0 Å². The van der Waals surface area contributed by atoms with Crippen LogP contribution in [0.25, 0.3) is 0 Å². The number of amides is 1. The quantitative estimate of drug-likeness (QED) is 0.757. The highest BCUT2D eigenvalue weighted by molar-refractivity contribution is 9.10. The van der Waals surface area contributed by atoms with E-state index in [1.807, 2.05) is 0 Å². The zero-order valence-corrected chi connectivity index (χ0v) is 14.9. The Kier molecular flexibility index (Phi) is 5.40. The number of carbonyl (C=O) groups excluding carboxylic acids is 1. The number of hydrogen-bond donors (Lipinski definition) is 2. The fraction of sp³-hybridized carbons (Fsp3) is 0.133. The van der Waals surface area contributed by atoms with Gasteiger partial charge in [-0.05, 0) is 52.7 Å². The molecule has 0 heterocycles. The molecule has 2 N–H and O–H groups in total. The Bertz CT molecular complexity index is 837. The van der Waals surface area contributed by atoms with Crippen molar-refractivity contribution in [1.82, 2.24) is 10.3 Å². The highest BCUT2D eigenvalue weighted by Crippen LogP contribution is 2.27. The summed E-state index contributed by atoms with van der Waals surface area (Å²) in [4.78, 5) is 14.1. The summed E-state index contributed by atoms with van der Waals surface area (Å²) < 4.78 is 30.0. The molecule has 0 aromatic heterocycles. The Labute approximate surface area is 143 Å². The number of nitrogens with one attached hydrogen (secondary N) is 2. The first-order valence-electron chi connectivity index (χ1n) is 6.56. The summed E-state index contributed by atoms with van der Waals surface area (Å²) in [6.07, 6.45) is 0. The predicted molar refractivity (Wildman–Crippen MR) is 89.7 cm³/mol. The highest BCUT2D eigenvalue weighted by atomic mass is 79.9. The lowest BCUT2D eigenvalue weighted by atomic mass is 10.1. The number of carbonyl (C=O) groups is 1. The zero-order chi connectivity index (χ0) is 17.0. The molecule has 23 heavy (non-hydrogen) atoms. The van der Waals surface area contributed by atoms with Crippen LogP contribution in [0.15, 0.2) is 51.8 Å². The molecule has 0 spiro atoms. The summed E-state index contributed by atoms with van der Waals surface area (Å²) in [7, 11) is -2.41. The number of aryl methyl sites for hydroxylation is 1. The standard InChI is InChI=1S/C15H15BrN2O4S/c1-10-5-3-4-6-12(10)15(19)17-18-23(20,21)11-7-8-14(22-2)13(16)9-11/h3-9,18H,1-2H3,(H,17,19). The Hall–Kier alpha value is -1.90. The highest BCUT2D eigenvalue weighted by Gasteiger charge is 2.17. The maximum absolute atomic E-state index is 12.2. The van der Waals surface area contributed by atoms with Crippen LogP contribution in [0.5, 0.6) is 5.75 Å². The number of benzene rings is 2. The van der Waals surface area contributed by atoms with Gasteiger partial charge in [0.25, 0.3) is 15.9 Å². The fourth-order valence-corrected chi connectivity index (χ4v) is 3.44. The molecule has 8 heteroatoms. The lowest BCUT2D eigenvalue weighted by Crippen LogP contribution is -2.41. The van der Waals surface area contributed by atoms with Gasteiger partial charge in [0.05, 0.1) is 16.5 Å². The molecule has 122 valence electrons. The van der Waals surface area contributed by atoms with Crippen molar-refractivity contribution in [3.63, 3.8) is 0 Å². The summed E-state index contributed by atoms with van der Waals surface area (Å²) in [6.45, 7) is 1.77. The molecular weight excluding hydrogens is 384 g/mol. The van der Waals surface area contributed by atoms with Gasteiger partial charge < -0.3 is 4.74 Å². The molecule has 0 radical (unpaired) electrons. The molecule has 0 aliphatic rings. The van der Waals surface area contributed by atoms with Gasteiger partial charge in [-0.2, -0.15) is 0 Å². The van der Waals surface area contributed by atoms with Crippen molar-refractivity contribution in [1.29, 1.82) is 0 Å². The minimum atomic E-state index is -3.89. The topological polar surface area (TPSA) is 84.5 Å². The number of rotatable bonds is 5. The molecule has 0 fully saturated rings. The normalized spacial score (nSPS) is 11.1. The molecular formula is C15H15BrN2O4S. The number of halogens is 1. The largest absolute Gasteiger partial charge is 0.496 e. The summed E-state index contributed by atoms with van der Waals surface area (Å²) in [5.74, 6) is -0.0212. The maximum atomic E-state index is 12.2. The SMILES string of the molecule is COc1ccc(S(=O)(=O)NNC(=O)c2ccccc2C)cc1Br. The Morgan fingerprint density at radius 1 is 1.17 bits per heavy atom. The second-order valence-corrected chi connectivity index (χ2v) is 7.21. The second kappa shape index (κ2) is 7.12. The molecule has 2 rings (SSSR count). The smallest absolute Gasteiger partial charge is 0.266 e. The first kappa shape index (κ1) is 17.5. The molecule has 2 aromatic rings. The van der Waals surface area contributed by atoms with Crippen molar-refractivity contribution >= 4 is 31.9 Å². The van der Waals surface area contributed by atoms with Crippen LogP contribution in [0, 0.1) is 6.92 Å². The third-order valence-electron chi connectivity index (χ3n) is 3.12. The van der Waals surface area contributed by atoms with Gasteiger partial charge in [0, 0.05) is 5.56 Å². The first-order chi connectivity index (χ1) is 10.8. The van der Waals surface area contributed by atoms with Crippen LogP contribution in [0.4, 0.5) is 0 Å². The van der Waals surface area contributed by atoms with E-state index < -0.39 is 15.9 Å². The molecule has 1 amide bonds. The molecule has 0 saturated carbocycles. The van der Waals surface area contributed by atoms with E-state index in [0.717, 1.165) is 5.56 Å². The van der Waals surface area contributed by atoms with Crippen molar-refractivity contribution in [2.45, 2.75) is 11.8 Å². The van der Waals surface area contributed by atoms with Crippen LogP contribution >= 0.6 is 15.9 Å². The van der Waals surface area contributed by atoms with Gasteiger partial charge in [0.2, 0.25) is 0 Å². The first-order valence-corrected chi connectivity index (χ1v) is 8.84. The molecule has 2 aromatic carbocycles. The van der Waals surface area contributed by atoms with Crippen molar-refractivity contribution in [3.05, 3.63) is 58.1 Å². The fourth-order valence-electron chi connectivity index (χ4n) is 1.88. The van der Waals surface area contributed by atoms with E-state index in [0.29, 0.717) is 15.8 Å². The van der Waals surface area contributed by atoms with Gasteiger partial charge in [0.15, 0.2) is 0 Å². The number of methoxy groups -OCH3 is 1. The van der Waals surface area contributed by atoms with Crippen LogP contribution in [0.1, 0.15) is 15.9 Å². The Morgan fingerprint density at radius 2 is 1.87 bits per heavy atom. The number of hydrazine groups is 1. The second-order valence-electron chi connectivity index (χ2n) is 4.67. The number of sulfonamides is 1. The summed E-state index contributed by atoms with van der Waals surface area (Å²) in [5.41, 5.74) is 3.34. The van der Waals surface area contributed by atoms with Crippen LogP contribution in [-0.2, 0) is 10.0 Å². The van der Waals surface area contributed by atoms with E-state index in [1.165, 1.54) is 25.3 Å². The average molecular weight is 399 g/mol. The number of hydrogen-bond acceptors (Lipinski definition) is 4. The lowest BCUT2D eigenvalue weighted by Gasteiger charge is -2.11. The van der Waals surface area contributed by atoms with E-state index in [9.17, 15) is 13.2 Å². The minimum Gasteiger partial charge on any atom is -0.496 e. The molecule has 0 atom stereocenters. The van der Waals surface area contributed by atoms with Crippen molar-refractivity contribution in [3.8, 4) is 5.75 Å². The zero-order valence-electron chi connectivity index (χ0n) is 12.5. The number of ether oxygens (including phenoxy) is 1. The van der Waals surface area contributed by atoms with E-state index in [4.69, 9.17) is 4.74 Å². The van der Waals surface area contributed by atoms with E-state index in [1.54, 1.807) is 31.2 Å². The molecule has 0 bridgehead atoms. The van der Waals surface area contributed by atoms with Crippen LogP contribution < -0.4 is 15.0 Å². The lowest BCUT2D eigenvalue weighted by molar-refractivity contribution is 0.0944. The third kappa shape index (κ3) is 4.10. The van der Waals surface area contributed by atoms with Crippen molar-refractivity contribution in [2.24, 2.45) is 0 Å². The summed E-state index contributed by atoms with van der Waals surface area (Å²) in [5, 5.41) is 0. The van der Waals surface area contributed by atoms with Gasteiger partial charge in [-0.15, -0.1) is 4.83 Å². The van der Waals surface area contributed by atoms with Gasteiger partial charge in [-0.25, -0.2) is 8.42 Å². The summed E-state index contributed by atoms with van der Waals surface area (Å²) in [6, 6.07) is 11.2. The molecule has 0 aliphatic carbocycles. The van der Waals surface area contributed by atoms with Gasteiger partial charge >= 0.3 is 0 Å². The van der Waals surface area contributed by atoms with E-state index in [2.05, 4.69) is 26.2 Å². The average Bonchev–Trinajstić information content (AvgIpc) is 2.53. The Balaban J connectivity index is 2.14. The van der Waals surface area contributed by atoms with Crippen molar-refractivity contribution < 1.29 is 17.9 Å². The van der Waals surface area contributed by atoms with Gasteiger partial charge in [0.1, 0.15) is 5.75 Å². The summed E-state index contributed by atoms with van der Waals surface area (Å²) >= 11 is 3.22. The minimum absolute atomic E-state index is 0.00439. The van der Waals surface area contributed by atoms with Gasteiger partial charge in [-0.3, -0.25) is 10.2 Å². The maximum Gasteiger partial charge on any atom is 0.266 e. The molecule has 0 saturated heterocycles. The molecule has 0 aliphatic heterocycles. The molecule has 6 nitrogen and oxygen atoms in total. The van der Waals surface area contributed by atoms with E-state index >= 15 is 0 Å². The monoisotopic (exact) mass is 398 g/mol. The third-order valence-corrected chi connectivity index (χ3v) is 4.99. The van der Waals surface area contributed by atoms with E-state index in [-0.39, 0.29) is 4.90 Å². The van der Waals surface area contributed by atoms with Crippen LogP contribution in [0.3, 0.4) is 0 Å². The Morgan fingerprint density at radius 3 is 2.48 bits per heavy atom. The predicted octanol–water partition coefficient (Wildman–Crippen LogP) is 2.39. The van der Waals surface area contributed by atoms with Gasteiger partial charge in [-0.1, -0.05) is 18.2 Å². The van der Waals surface area contributed by atoms with Crippen LogP contribution in [-0.4, -0.2) is 21.4 Å². The molecule has 0 unspecified atom stereocenters.